The highest BCUT2D eigenvalue weighted by molar-refractivity contribution is 7.98. The molecule has 0 heterocycles. The molecule has 280 valence electrons. The molecule has 5 N–H and O–H groups in total. The Bertz CT molecular complexity index is 2120. The number of carbonyl (C=O) groups excluding carboxylic acids is 3. The minimum absolute atomic E-state index is 0.0956. The first-order valence-electron chi connectivity index (χ1n) is 15.1. The maximum atomic E-state index is 15.6. The smallest absolute Gasteiger partial charge is 0.406 e. The topological polar surface area (TPSA) is 130 Å². The lowest BCUT2D eigenvalue weighted by Gasteiger charge is -2.12. The molecule has 5 aromatic carbocycles. The number of hydrogen-bond acceptors (Lipinski definition) is 7. The molecule has 10 nitrogen and oxygen atoms in total. The lowest BCUT2D eigenvalue weighted by molar-refractivity contribution is -0.275. The Labute approximate surface area is 310 Å². The number of anilines is 3. The molecule has 0 aliphatic carbocycles. The zero-order chi connectivity index (χ0) is 38.9. The van der Waals surface area contributed by atoms with Crippen LogP contribution in [0.3, 0.4) is 0 Å². The van der Waals surface area contributed by atoms with Crippen molar-refractivity contribution in [3.8, 4) is 22.6 Å². The molecule has 5 aromatic rings. The maximum Gasteiger partial charge on any atom is 0.573 e. The number of halogens is 7. The molecule has 0 aliphatic rings. The SMILES string of the molecule is O=C(NSc1cccc(OC(F)(F)F)c1)Nc1ccc(NC(=O)c2cccc(-c3ccc(NC(=O)NSc4cccc(OC(F)(F)F)c4)cc3)c2F)cc1. The van der Waals surface area contributed by atoms with E-state index in [4.69, 9.17) is 0 Å². The predicted molar refractivity (Wildman–Crippen MR) is 189 cm³/mol. The summed E-state index contributed by atoms with van der Waals surface area (Å²) in [6, 6.07) is 24.8. The molecule has 54 heavy (non-hydrogen) atoms. The first kappa shape index (κ1) is 39.1. The third kappa shape index (κ3) is 12.0. The Morgan fingerprint density at radius 1 is 0.537 bits per heavy atom. The van der Waals surface area contributed by atoms with E-state index in [0.717, 1.165) is 48.2 Å². The molecule has 5 rings (SSSR count). The number of nitrogens with one attached hydrogen (secondary N) is 5. The van der Waals surface area contributed by atoms with E-state index in [-0.39, 0.29) is 26.6 Å². The van der Waals surface area contributed by atoms with Gasteiger partial charge >= 0.3 is 24.8 Å². The Morgan fingerprint density at radius 2 is 0.963 bits per heavy atom. The molecule has 0 saturated heterocycles. The zero-order valence-corrected chi connectivity index (χ0v) is 28.6. The molecule has 0 unspecified atom stereocenters. The summed E-state index contributed by atoms with van der Waals surface area (Å²) < 4.78 is 103. The van der Waals surface area contributed by atoms with Gasteiger partial charge in [0.2, 0.25) is 0 Å². The summed E-state index contributed by atoms with van der Waals surface area (Å²) in [5, 5.41) is 7.65. The first-order valence-corrected chi connectivity index (χ1v) is 16.7. The van der Waals surface area contributed by atoms with E-state index < -0.39 is 48.0 Å². The van der Waals surface area contributed by atoms with Crippen LogP contribution in [0.5, 0.6) is 11.5 Å². The largest absolute Gasteiger partial charge is 0.573 e. The van der Waals surface area contributed by atoms with Gasteiger partial charge in [0.1, 0.15) is 17.3 Å². The number of hydrogen-bond donors (Lipinski definition) is 5. The molecule has 0 radical (unpaired) electrons. The summed E-state index contributed by atoms with van der Waals surface area (Å²) in [7, 11) is 0. The predicted octanol–water partition coefficient (Wildman–Crippen LogP) is 10.2. The Hall–Kier alpha value is -6.08. The molecule has 19 heteroatoms. The van der Waals surface area contributed by atoms with E-state index in [1.807, 2.05) is 0 Å². The van der Waals surface area contributed by atoms with Gasteiger partial charge in [0.05, 0.1) is 5.56 Å². The van der Waals surface area contributed by atoms with Crippen molar-refractivity contribution in [2.45, 2.75) is 22.5 Å². The van der Waals surface area contributed by atoms with Gasteiger partial charge in [-0.15, -0.1) is 26.3 Å². The van der Waals surface area contributed by atoms with Gasteiger partial charge in [0.25, 0.3) is 5.91 Å². The number of carbonyl (C=O) groups is 3. The normalized spacial score (nSPS) is 11.2. The standard InChI is InChI=1S/C35H24F7N5O5S2/c36-30-28(20-10-12-22(13-11-20)44-32(49)46-53-26-6-1-4-24(18-26)51-34(37,38)39)8-3-9-29(30)31(48)43-21-14-16-23(17-15-21)45-33(50)47-54-27-7-2-5-25(19-27)52-35(40,41)42/h1-19H,(H,43,48)(H2,44,46,49)(H2,45,47,50). The molecule has 0 aliphatic heterocycles. The third-order valence-electron chi connectivity index (χ3n) is 6.70. The van der Waals surface area contributed by atoms with Crippen molar-refractivity contribution in [1.82, 2.24) is 9.44 Å². The fourth-order valence-corrected chi connectivity index (χ4v) is 5.66. The summed E-state index contributed by atoms with van der Waals surface area (Å²) in [4.78, 5) is 38.2. The van der Waals surface area contributed by atoms with Crippen molar-refractivity contribution in [3.63, 3.8) is 0 Å². The molecular weight excluding hydrogens is 768 g/mol. The van der Waals surface area contributed by atoms with Crippen molar-refractivity contribution in [3.05, 3.63) is 127 Å². The Morgan fingerprint density at radius 3 is 1.43 bits per heavy atom. The Balaban J connectivity index is 1.12. The molecule has 0 atom stereocenters. The second kappa shape index (κ2) is 17.2. The van der Waals surface area contributed by atoms with Crippen LogP contribution >= 0.6 is 23.9 Å². The summed E-state index contributed by atoms with van der Waals surface area (Å²) in [6.45, 7) is 0. The molecular formula is C35H24F7N5O5S2. The summed E-state index contributed by atoms with van der Waals surface area (Å²) in [5.74, 6) is -2.47. The highest BCUT2D eigenvalue weighted by atomic mass is 32.2. The van der Waals surface area contributed by atoms with Crippen LogP contribution in [-0.4, -0.2) is 30.7 Å². The quantitative estimate of drug-likeness (QED) is 0.0665. The van der Waals surface area contributed by atoms with Crippen molar-refractivity contribution in [2.24, 2.45) is 0 Å². The fraction of sp³-hybridized carbons (Fsp3) is 0.0571. The Kier molecular flexibility index (Phi) is 12.4. The average molecular weight is 792 g/mol. The van der Waals surface area contributed by atoms with Crippen LogP contribution in [0.2, 0.25) is 0 Å². The second-order valence-corrected chi connectivity index (χ2v) is 12.4. The van der Waals surface area contributed by atoms with Crippen molar-refractivity contribution < 1.29 is 54.6 Å². The van der Waals surface area contributed by atoms with Crippen molar-refractivity contribution >= 4 is 58.9 Å². The molecule has 0 spiro atoms. The van der Waals surface area contributed by atoms with Crippen LogP contribution in [0.25, 0.3) is 11.1 Å². The van der Waals surface area contributed by atoms with Gasteiger partial charge in [-0.2, -0.15) is 0 Å². The van der Waals surface area contributed by atoms with Crippen LogP contribution in [-0.2, 0) is 0 Å². The minimum Gasteiger partial charge on any atom is -0.406 e. The van der Waals surface area contributed by atoms with Crippen LogP contribution < -0.4 is 34.9 Å². The van der Waals surface area contributed by atoms with Crippen molar-refractivity contribution in [1.29, 1.82) is 0 Å². The van der Waals surface area contributed by atoms with Crippen LogP contribution in [0, 0.1) is 5.82 Å². The lowest BCUT2D eigenvalue weighted by atomic mass is 10.0. The van der Waals surface area contributed by atoms with Crippen LogP contribution in [0.4, 0.5) is 57.4 Å². The van der Waals surface area contributed by atoms with Gasteiger partial charge in [-0.3, -0.25) is 14.2 Å². The van der Waals surface area contributed by atoms with E-state index in [2.05, 4.69) is 34.9 Å². The van der Waals surface area contributed by atoms with Gasteiger partial charge < -0.3 is 25.4 Å². The van der Waals surface area contributed by atoms with Gasteiger partial charge in [-0.1, -0.05) is 36.4 Å². The molecule has 0 fully saturated rings. The van der Waals surface area contributed by atoms with Gasteiger partial charge in [-0.25, -0.2) is 14.0 Å². The molecule has 0 bridgehead atoms. The molecule has 5 amide bonds. The van der Waals surface area contributed by atoms with Crippen LogP contribution in [0.1, 0.15) is 10.4 Å². The number of amides is 5. The highest BCUT2D eigenvalue weighted by Gasteiger charge is 2.32. The monoisotopic (exact) mass is 791 g/mol. The van der Waals surface area contributed by atoms with E-state index in [1.54, 1.807) is 0 Å². The number of ether oxygens (including phenoxy) is 2. The first-order chi connectivity index (χ1) is 25.6. The third-order valence-corrected chi connectivity index (χ3v) is 8.25. The second-order valence-electron chi connectivity index (χ2n) is 10.6. The number of alkyl halides is 6. The van der Waals surface area contributed by atoms with Gasteiger partial charge in [-0.05, 0) is 108 Å². The van der Waals surface area contributed by atoms with E-state index >= 15 is 4.39 Å². The summed E-state index contributed by atoms with van der Waals surface area (Å²) >= 11 is 1.51. The summed E-state index contributed by atoms with van der Waals surface area (Å²) in [5.41, 5.74) is 1.13. The van der Waals surface area contributed by atoms with Gasteiger partial charge in [0.15, 0.2) is 0 Å². The van der Waals surface area contributed by atoms with E-state index in [0.29, 0.717) is 16.9 Å². The van der Waals surface area contributed by atoms with E-state index in [9.17, 15) is 40.7 Å². The fourth-order valence-electron chi connectivity index (χ4n) is 4.49. The van der Waals surface area contributed by atoms with Crippen molar-refractivity contribution in [2.75, 3.05) is 16.0 Å². The van der Waals surface area contributed by atoms with Crippen LogP contribution in [0.15, 0.2) is 125 Å². The number of benzene rings is 5. The molecule has 0 saturated carbocycles. The van der Waals surface area contributed by atoms with Gasteiger partial charge in [0, 0.05) is 32.4 Å². The minimum atomic E-state index is -4.86. The number of urea groups is 2. The average Bonchev–Trinajstić information content (AvgIpc) is 3.10. The maximum absolute atomic E-state index is 15.6. The highest BCUT2D eigenvalue weighted by Crippen LogP contribution is 2.30. The summed E-state index contributed by atoms with van der Waals surface area (Å²) in [6.07, 6.45) is -9.72. The molecule has 0 aromatic heterocycles. The zero-order valence-electron chi connectivity index (χ0n) is 27.0. The number of rotatable bonds is 11. The lowest BCUT2D eigenvalue weighted by Crippen LogP contribution is -2.22. The van der Waals surface area contributed by atoms with E-state index in [1.165, 1.54) is 91.0 Å².